The van der Waals surface area contributed by atoms with E-state index in [0.717, 1.165) is 39.1 Å². The number of anilines is 2. The minimum Gasteiger partial charge on any atom is -0.309 e. The molecule has 1 aliphatic heterocycles. The summed E-state index contributed by atoms with van der Waals surface area (Å²) < 4.78 is 2.37. The Morgan fingerprint density at radius 3 is 2.21 bits per heavy atom. The van der Waals surface area contributed by atoms with Crippen LogP contribution < -0.4 is 4.90 Å². The summed E-state index contributed by atoms with van der Waals surface area (Å²) in [5, 5.41) is 3.40. The van der Waals surface area contributed by atoms with Crippen LogP contribution in [0.1, 0.15) is 22.6 Å². The highest BCUT2D eigenvalue weighted by Gasteiger charge is 2.40. The maximum Gasteiger partial charge on any atom is 0.233 e. The third-order valence-corrected chi connectivity index (χ3v) is 11.6. The van der Waals surface area contributed by atoms with Gasteiger partial charge in [-0.2, -0.15) is 4.98 Å². The van der Waals surface area contributed by atoms with E-state index in [0.29, 0.717) is 11.6 Å². The van der Waals surface area contributed by atoms with E-state index in [-0.39, 0.29) is 12.0 Å². The average Bonchev–Trinajstić information content (AvgIpc) is 3.80. The van der Waals surface area contributed by atoms with Gasteiger partial charge in [0.2, 0.25) is 5.95 Å². The van der Waals surface area contributed by atoms with Crippen LogP contribution in [0.25, 0.3) is 72.6 Å². The van der Waals surface area contributed by atoms with Crippen molar-refractivity contribution >= 4 is 56.1 Å². The summed E-state index contributed by atoms with van der Waals surface area (Å²) in [5.41, 5.74) is 14.4. The fourth-order valence-corrected chi connectivity index (χ4v) is 8.94. The molecule has 0 amide bonds. The summed E-state index contributed by atoms with van der Waals surface area (Å²) in [6.45, 7) is 3.97. The molecule has 0 saturated heterocycles. The third-order valence-electron chi connectivity index (χ3n) is 11.6. The zero-order chi connectivity index (χ0) is 38.6. The van der Waals surface area contributed by atoms with Crippen molar-refractivity contribution in [2.75, 3.05) is 4.90 Å². The van der Waals surface area contributed by atoms with E-state index in [4.69, 9.17) is 9.97 Å². The normalized spacial score (nSPS) is 15.9. The van der Waals surface area contributed by atoms with Gasteiger partial charge in [0.25, 0.3) is 0 Å². The number of para-hydroxylation sites is 3. The smallest absolute Gasteiger partial charge is 0.233 e. The Labute approximate surface area is 336 Å². The molecule has 6 aromatic carbocycles. The Balaban J connectivity index is 0.973. The van der Waals surface area contributed by atoms with Crippen molar-refractivity contribution in [3.05, 3.63) is 218 Å². The third kappa shape index (κ3) is 5.51. The second kappa shape index (κ2) is 13.8. The molecule has 274 valence electrons. The van der Waals surface area contributed by atoms with E-state index in [1.54, 1.807) is 6.20 Å². The molecule has 0 bridgehead atoms. The van der Waals surface area contributed by atoms with Gasteiger partial charge in [-0.3, -0.25) is 0 Å². The molecule has 0 spiro atoms. The molecule has 4 heterocycles. The van der Waals surface area contributed by atoms with E-state index >= 15 is 0 Å². The van der Waals surface area contributed by atoms with Gasteiger partial charge in [-0.05, 0) is 81.9 Å². The van der Waals surface area contributed by atoms with Crippen LogP contribution in [0.5, 0.6) is 0 Å². The first-order valence-electron chi connectivity index (χ1n) is 19.7. The number of hydrogen-bond acceptors (Lipinski definition) is 4. The maximum absolute atomic E-state index is 5.25. The van der Waals surface area contributed by atoms with Crippen molar-refractivity contribution in [3.8, 4) is 28.1 Å². The van der Waals surface area contributed by atoms with Crippen LogP contribution >= 0.6 is 0 Å². The van der Waals surface area contributed by atoms with Gasteiger partial charge in [-0.25, -0.2) is 9.97 Å². The zero-order valence-electron chi connectivity index (χ0n) is 31.7. The molecule has 0 fully saturated rings. The Hall–Kier alpha value is -7.63. The zero-order valence-corrected chi connectivity index (χ0v) is 31.7. The lowest BCUT2D eigenvalue weighted by atomic mass is 9.86. The quantitative estimate of drug-likeness (QED) is 0.153. The number of nitrogens with zero attached hydrogens (tertiary/aromatic N) is 5. The predicted octanol–water partition coefficient (Wildman–Crippen LogP) is 12.9. The van der Waals surface area contributed by atoms with Gasteiger partial charge < -0.3 is 9.47 Å². The molecule has 0 radical (unpaired) electrons. The minimum absolute atomic E-state index is 0.0224. The standard InChI is InChI=1S/C53H37N5/c1-2-3-15-39-33-50-46(42-21-10-12-23-47(42)57(50)40-18-8-5-9-19-40)34-44(39)36-27-25-35(26-28-36)38-29-30-49-45(32-38)41-20-11-13-24-48(41)58(49)53-55-51(37-16-6-4-7-17-37)43-22-14-31-54-52(43)56-53/h2-34,45,49H,1H2/b15-3-. The Kier molecular flexibility index (Phi) is 8.04. The number of aromatic nitrogens is 4. The lowest BCUT2D eigenvalue weighted by Gasteiger charge is -2.28. The van der Waals surface area contributed by atoms with Crippen molar-refractivity contribution in [1.29, 1.82) is 0 Å². The molecule has 0 N–H and O–H groups in total. The van der Waals surface area contributed by atoms with E-state index in [2.05, 4.69) is 179 Å². The van der Waals surface area contributed by atoms with E-state index in [1.165, 1.54) is 44.1 Å². The first-order chi connectivity index (χ1) is 28.7. The van der Waals surface area contributed by atoms with Crippen LogP contribution in [0.3, 0.4) is 0 Å². The average molecular weight is 744 g/mol. The van der Waals surface area contributed by atoms with Crippen LogP contribution in [-0.4, -0.2) is 25.6 Å². The minimum atomic E-state index is 0.0224. The fraction of sp³-hybridized carbons (Fsp3) is 0.0377. The summed E-state index contributed by atoms with van der Waals surface area (Å²) in [7, 11) is 0. The molecule has 5 heteroatoms. The van der Waals surface area contributed by atoms with Crippen LogP contribution in [0.4, 0.5) is 11.6 Å². The summed E-state index contributed by atoms with van der Waals surface area (Å²) in [5.74, 6) is 0.778. The molecule has 2 aliphatic rings. The van der Waals surface area contributed by atoms with Crippen LogP contribution in [0, 0.1) is 0 Å². The second-order valence-corrected chi connectivity index (χ2v) is 14.9. The molecule has 0 saturated carbocycles. The highest BCUT2D eigenvalue weighted by atomic mass is 15.3. The highest BCUT2D eigenvalue weighted by molar-refractivity contribution is 6.11. The van der Waals surface area contributed by atoms with Crippen molar-refractivity contribution in [2.24, 2.45) is 0 Å². The molecule has 5 nitrogen and oxygen atoms in total. The number of hydrogen-bond donors (Lipinski definition) is 0. The molecular weight excluding hydrogens is 707 g/mol. The summed E-state index contributed by atoms with van der Waals surface area (Å²) in [4.78, 5) is 17.3. The lowest BCUT2D eigenvalue weighted by Crippen LogP contribution is -2.30. The van der Waals surface area contributed by atoms with Gasteiger partial charge in [0.05, 0.1) is 22.8 Å². The number of rotatable bonds is 7. The number of benzene rings is 6. The molecule has 58 heavy (non-hydrogen) atoms. The number of pyridine rings is 1. The van der Waals surface area contributed by atoms with Gasteiger partial charge in [-0.15, -0.1) is 0 Å². The highest BCUT2D eigenvalue weighted by Crippen LogP contribution is 2.49. The number of fused-ring (bicyclic) bond motifs is 7. The summed E-state index contributed by atoms with van der Waals surface area (Å²) >= 11 is 0. The Bertz CT molecular complexity index is 3140. The topological polar surface area (TPSA) is 46.8 Å². The van der Waals surface area contributed by atoms with Gasteiger partial charge in [0.15, 0.2) is 5.65 Å². The number of allylic oxidation sites excluding steroid dienone is 4. The first-order valence-corrected chi connectivity index (χ1v) is 19.7. The maximum atomic E-state index is 5.25. The van der Waals surface area contributed by atoms with Gasteiger partial charge >= 0.3 is 0 Å². The van der Waals surface area contributed by atoms with Crippen molar-refractivity contribution in [1.82, 2.24) is 19.5 Å². The van der Waals surface area contributed by atoms with Crippen LogP contribution in [0.15, 0.2) is 201 Å². The van der Waals surface area contributed by atoms with Crippen molar-refractivity contribution in [2.45, 2.75) is 12.0 Å². The monoisotopic (exact) mass is 743 g/mol. The van der Waals surface area contributed by atoms with Gasteiger partial charge in [0, 0.05) is 45.2 Å². The molecule has 9 aromatic rings. The molecule has 3 aromatic heterocycles. The lowest BCUT2D eigenvalue weighted by molar-refractivity contribution is 0.733. The van der Waals surface area contributed by atoms with Gasteiger partial charge in [-0.1, -0.05) is 152 Å². The Morgan fingerprint density at radius 1 is 0.621 bits per heavy atom. The molecule has 2 unspecified atom stereocenters. The van der Waals surface area contributed by atoms with Crippen LogP contribution in [0.2, 0.25) is 0 Å². The predicted molar refractivity (Wildman–Crippen MR) is 240 cm³/mol. The van der Waals surface area contributed by atoms with Crippen LogP contribution in [-0.2, 0) is 0 Å². The van der Waals surface area contributed by atoms with E-state index in [9.17, 15) is 0 Å². The van der Waals surface area contributed by atoms with Gasteiger partial charge in [0.1, 0.15) is 0 Å². The van der Waals surface area contributed by atoms with Crippen molar-refractivity contribution < 1.29 is 0 Å². The fourth-order valence-electron chi connectivity index (χ4n) is 8.94. The SMILES string of the molecule is C=C/C=C\c1cc2c(cc1-c1ccc(C3=CC4c5ccccc5N(c5nc(-c6ccccc6)c6cccnc6n5)C4C=C3)cc1)c1ccccc1n2-c1ccccc1. The van der Waals surface area contributed by atoms with E-state index < -0.39 is 0 Å². The second-order valence-electron chi connectivity index (χ2n) is 14.9. The summed E-state index contributed by atoms with van der Waals surface area (Å²) in [6.07, 6.45) is 14.8. The van der Waals surface area contributed by atoms with Crippen molar-refractivity contribution in [3.63, 3.8) is 0 Å². The van der Waals surface area contributed by atoms with E-state index in [1.807, 2.05) is 36.4 Å². The molecule has 1 aliphatic carbocycles. The molecular formula is C53H37N5. The summed E-state index contributed by atoms with van der Waals surface area (Å²) in [6, 6.07) is 56.0. The largest absolute Gasteiger partial charge is 0.309 e. The molecule has 11 rings (SSSR count). The molecule has 2 atom stereocenters. The Morgan fingerprint density at radius 2 is 1.36 bits per heavy atom. The first kappa shape index (κ1) is 33.7.